The number of hydrogen-bond donors (Lipinski definition) is 1. The molecule has 0 saturated heterocycles. The monoisotopic (exact) mass is 365 g/mol. The van der Waals surface area contributed by atoms with Crippen LogP contribution in [0.1, 0.15) is 43.3 Å². The molecule has 0 fully saturated rings. The van der Waals surface area contributed by atoms with Crippen LogP contribution in [0.2, 0.25) is 0 Å². The van der Waals surface area contributed by atoms with Crippen molar-refractivity contribution in [2.75, 3.05) is 6.61 Å². The number of nitrogens with one attached hydrogen (secondary N) is 1. The van der Waals surface area contributed by atoms with E-state index in [0.29, 0.717) is 19.6 Å². The Kier molecular flexibility index (Phi) is 5.79. The maximum absolute atomic E-state index is 11.8. The molecule has 0 radical (unpaired) electrons. The fraction of sp³-hybridized carbons (Fsp3) is 0.364. The van der Waals surface area contributed by atoms with E-state index in [0.717, 1.165) is 22.6 Å². The lowest BCUT2D eigenvalue weighted by molar-refractivity contribution is -0.121. The summed E-state index contributed by atoms with van der Waals surface area (Å²) in [6.45, 7) is 9.15. The van der Waals surface area contributed by atoms with E-state index in [4.69, 9.17) is 9.72 Å². The normalized spacial score (nSPS) is 12.1. The zero-order valence-electron chi connectivity index (χ0n) is 16.5. The van der Waals surface area contributed by atoms with E-state index >= 15 is 0 Å². The van der Waals surface area contributed by atoms with Crippen molar-refractivity contribution in [3.63, 3.8) is 0 Å². The number of aromatic nitrogens is 2. The lowest BCUT2D eigenvalue weighted by Gasteiger charge is -2.16. The first-order chi connectivity index (χ1) is 13.0. The van der Waals surface area contributed by atoms with E-state index in [1.807, 2.05) is 44.2 Å². The molecule has 2 aromatic carbocycles. The maximum atomic E-state index is 11.8. The van der Waals surface area contributed by atoms with Crippen molar-refractivity contribution in [1.29, 1.82) is 0 Å². The minimum Gasteiger partial charge on any atom is -0.492 e. The third-order valence-corrected chi connectivity index (χ3v) is 4.55. The Morgan fingerprint density at radius 2 is 1.89 bits per heavy atom. The smallest absolute Gasteiger partial charge is 0.220 e. The first-order valence-electron chi connectivity index (χ1n) is 9.43. The summed E-state index contributed by atoms with van der Waals surface area (Å²) in [7, 11) is 0. The van der Waals surface area contributed by atoms with Gasteiger partial charge in [0.2, 0.25) is 5.91 Å². The second-order valence-electron chi connectivity index (χ2n) is 6.92. The van der Waals surface area contributed by atoms with E-state index in [9.17, 15) is 4.79 Å². The number of para-hydroxylation sites is 2. The van der Waals surface area contributed by atoms with Gasteiger partial charge in [0, 0.05) is 6.42 Å². The third kappa shape index (κ3) is 4.48. The van der Waals surface area contributed by atoms with Gasteiger partial charge in [0.25, 0.3) is 0 Å². The predicted molar refractivity (Wildman–Crippen MR) is 108 cm³/mol. The summed E-state index contributed by atoms with van der Waals surface area (Å²) in [5.74, 6) is 1.75. The molecule has 1 atom stereocenters. The summed E-state index contributed by atoms with van der Waals surface area (Å²) in [4.78, 5) is 16.6. The third-order valence-electron chi connectivity index (χ3n) is 4.55. The number of hydrogen-bond acceptors (Lipinski definition) is 3. The number of benzene rings is 2. The first kappa shape index (κ1) is 19.0. The summed E-state index contributed by atoms with van der Waals surface area (Å²) >= 11 is 0. The largest absolute Gasteiger partial charge is 0.492 e. The molecule has 3 aromatic rings. The molecule has 5 nitrogen and oxygen atoms in total. The second kappa shape index (κ2) is 8.25. The van der Waals surface area contributed by atoms with Crippen LogP contribution >= 0.6 is 0 Å². The number of ether oxygens (including phenoxy) is 1. The van der Waals surface area contributed by atoms with E-state index in [2.05, 4.69) is 35.9 Å². The molecule has 1 N–H and O–H groups in total. The number of imidazole rings is 1. The highest BCUT2D eigenvalue weighted by molar-refractivity contribution is 5.77. The fourth-order valence-corrected chi connectivity index (χ4v) is 3.34. The van der Waals surface area contributed by atoms with Gasteiger partial charge in [-0.05, 0) is 56.2 Å². The van der Waals surface area contributed by atoms with Gasteiger partial charge in [-0.25, -0.2) is 4.98 Å². The number of carbonyl (C=O) groups is 1. The van der Waals surface area contributed by atoms with Crippen LogP contribution in [-0.2, 0) is 11.3 Å². The molecule has 142 valence electrons. The van der Waals surface area contributed by atoms with Crippen LogP contribution in [0.25, 0.3) is 11.0 Å². The van der Waals surface area contributed by atoms with Crippen molar-refractivity contribution in [2.45, 2.75) is 46.7 Å². The van der Waals surface area contributed by atoms with Gasteiger partial charge in [-0.1, -0.05) is 25.1 Å². The molecule has 27 heavy (non-hydrogen) atoms. The number of carbonyl (C=O) groups excluding carboxylic acids is 1. The number of rotatable bonds is 7. The van der Waals surface area contributed by atoms with Gasteiger partial charge < -0.3 is 14.6 Å². The summed E-state index contributed by atoms with van der Waals surface area (Å²) in [5.41, 5.74) is 4.36. The van der Waals surface area contributed by atoms with E-state index in [1.165, 1.54) is 11.1 Å². The van der Waals surface area contributed by atoms with Crippen molar-refractivity contribution < 1.29 is 9.53 Å². The standard InChI is InChI=1S/C22H27N3O2/c1-5-21(26)23-17(4)22-24-19-8-6-7-9-20(19)25(22)10-11-27-18-13-15(2)12-16(3)14-18/h6-9,12-14,17H,5,10-11H2,1-4H3,(H,23,26). The zero-order valence-corrected chi connectivity index (χ0v) is 16.5. The van der Waals surface area contributed by atoms with Crippen molar-refractivity contribution in [3.05, 3.63) is 59.4 Å². The van der Waals surface area contributed by atoms with Crippen LogP contribution in [-0.4, -0.2) is 22.1 Å². The van der Waals surface area contributed by atoms with Gasteiger partial charge in [-0.3, -0.25) is 4.79 Å². The van der Waals surface area contributed by atoms with Gasteiger partial charge in [0.1, 0.15) is 18.2 Å². The molecule has 5 heteroatoms. The Bertz CT molecular complexity index is 926. The molecular weight excluding hydrogens is 338 g/mol. The van der Waals surface area contributed by atoms with Gasteiger partial charge in [-0.2, -0.15) is 0 Å². The SMILES string of the molecule is CCC(=O)NC(C)c1nc2ccccc2n1CCOc1cc(C)cc(C)c1. The molecule has 0 aliphatic rings. The molecule has 0 bridgehead atoms. The molecule has 0 spiro atoms. The van der Waals surface area contributed by atoms with Crippen LogP contribution in [0, 0.1) is 13.8 Å². The highest BCUT2D eigenvalue weighted by atomic mass is 16.5. The van der Waals surface area contributed by atoms with E-state index in [-0.39, 0.29) is 11.9 Å². The summed E-state index contributed by atoms with van der Waals surface area (Å²) in [5, 5.41) is 3.01. The van der Waals surface area contributed by atoms with Gasteiger partial charge in [0.15, 0.2) is 0 Å². The molecule has 0 aliphatic heterocycles. The van der Waals surface area contributed by atoms with Crippen molar-refractivity contribution in [2.24, 2.45) is 0 Å². The van der Waals surface area contributed by atoms with Crippen LogP contribution < -0.4 is 10.1 Å². The van der Waals surface area contributed by atoms with Gasteiger partial charge in [0.05, 0.1) is 23.6 Å². The van der Waals surface area contributed by atoms with Crippen LogP contribution in [0.4, 0.5) is 0 Å². The summed E-state index contributed by atoms with van der Waals surface area (Å²) in [6.07, 6.45) is 0.459. The number of fused-ring (bicyclic) bond motifs is 1. The molecule has 1 aromatic heterocycles. The molecular formula is C22H27N3O2. The molecule has 1 unspecified atom stereocenters. The summed E-state index contributed by atoms with van der Waals surface area (Å²) in [6, 6.07) is 14.1. The second-order valence-corrected chi connectivity index (χ2v) is 6.92. The molecule has 1 heterocycles. The van der Waals surface area contributed by atoms with Gasteiger partial charge in [-0.15, -0.1) is 0 Å². The summed E-state index contributed by atoms with van der Waals surface area (Å²) < 4.78 is 8.13. The number of nitrogens with zero attached hydrogens (tertiary/aromatic N) is 2. The molecule has 0 saturated carbocycles. The van der Waals surface area contributed by atoms with Crippen molar-refractivity contribution in [1.82, 2.24) is 14.9 Å². The van der Waals surface area contributed by atoms with E-state index < -0.39 is 0 Å². The molecule has 1 amide bonds. The molecule has 0 aliphatic carbocycles. The van der Waals surface area contributed by atoms with Crippen LogP contribution in [0.5, 0.6) is 5.75 Å². The van der Waals surface area contributed by atoms with Crippen LogP contribution in [0.15, 0.2) is 42.5 Å². The van der Waals surface area contributed by atoms with Crippen LogP contribution in [0.3, 0.4) is 0 Å². The minimum atomic E-state index is -0.161. The zero-order chi connectivity index (χ0) is 19.4. The predicted octanol–water partition coefficient (Wildman–Crippen LogP) is 4.32. The molecule has 3 rings (SSSR count). The Balaban J connectivity index is 1.81. The Labute approximate surface area is 160 Å². The Hall–Kier alpha value is -2.82. The quantitative estimate of drug-likeness (QED) is 0.678. The topological polar surface area (TPSA) is 56.2 Å². The highest BCUT2D eigenvalue weighted by Gasteiger charge is 2.17. The maximum Gasteiger partial charge on any atom is 0.220 e. The number of amides is 1. The van der Waals surface area contributed by atoms with Crippen molar-refractivity contribution >= 4 is 16.9 Å². The van der Waals surface area contributed by atoms with Gasteiger partial charge >= 0.3 is 0 Å². The Morgan fingerprint density at radius 1 is 1.19 bits per heavy atom. The first-order valence-corrected chi connectivity index (χ1v) is 9.43. The lowest BCUT2D eigenvalue weighted by atomic mass is 10.1. The van der Waals surface area contributed by atoms with E-state index in [1.54, 1.807) is 0 Å². The lowest BCUT2D eigenvalue weighted by Crippen LogP contribution is -2.28. The van der Waals surface area contributed by atoms with Crippen molar-refractivity contribution in [3.8, 4) is 5.75 Å². The average Bonchev–Trinajstić information content (AvgIpc) is 3.00. The highest BCUT2D eigenvalue weighted by Crippen LogP contribution is 2.22. The Morgan fingerprint density at radius 3 is 2.59 bits per heavy atom. The average molecular weight is 365 g/mol. The number of aryl methyl sites for hydroxylation is 2. The fourth-order valence-electron chi connectivity index (χ4n) is 3.34. The minimum absolute atomic E-state index is 0.0209.